The molecule has 4 heteroatoms. The van der Waals surface area contributed by atoms with Gasteiger partial charge in [-0.15, -0.1) is 0 Å². The van der Waals surface area contributed by atoms with Crippen molar-refractivity contribution in [3.63, 3.8) is 0 Å². The molecule has 0 saturated heterocycles. The summed E-state index contributed by atoms with van der Waals surface area (Å²) in [5.41, 5.74) is 0. The van der Waals surface area contributed by atoms with Crippen LogP contribution in [0.15, 0.2) is 0 Å². The lowest BCUT2D eigenvalue weighted by atomic mass is 10.4. The molecule has 0 radical (unpaired) electrons. The Bertz CT molecular complexity index is 197. The Labute approximate surface area is 58.7 Å². The zero-order valence-corrected chi connectivity index (χ0v) is 6.00. The lowest BCUT2D eigenvalue weighted by molar-refractivity contribution is -0.489. The van der Waals surface area contributed by atoms with Crippen LogP contribution in [0.2, 0.25) is 0 Å². The van der Waals surface area contributed by atoms with Crippen LogP contribution < -0.4 is 0 Å². The van der Waals surface area contributed by atoms with Crippen molar-refractivity contribution in [2.45, 2.75) is 13.0 Å². The standard InChI is InChI=1S/C6H9NO3/c1-4-3-7(2)5(10-4)6(8)9/h4H,3H2,1-2H3/p+1. The fourth-order valence-electron chi connectivity index (χ4n) is 1.00. The summed E-state index contributed by atoms with van der Waals surface area (Å²) in [7, 11) is 1.70. The minimum absolute atomic E-state index is 0.00361. The first-order chi connectivity index (χ1) is 4.61. The lowest BCUT2D eigenvalue weighted by Crippen LogP contribution is -2.20. The largest absolute Gasteiger partial charge is 0.471 e. The second-order valence-electron chi connectivity index (χ2n) is 2.42. The highest BCUT2D eigenvalue weighted by molar-refractivity contribution is 6.29. The van der Waals surface area contributed by atoms with Gasteiger partial charge in [-0.1, -0.05) is 0 Å². The van der Waals surface area contributed by atoms with Crippen molar-refractivity contribution >= 4 is 11.9 Å². The zero-order chi connectivity index (χ0) is 7.72. The Morgan fingerprint density at radius 1 is 1.90 bits per heavy atom. The van der Waals surface area contributed by atoms with Crippen LogP contribution in [0.25, 0.3) is 0 Å². The Kier molecular flexibility index (Phi) is 1.61. The monoisotopic (exact) mass is 144 g/mol. The van der Waals surface area contributed by atoms with Crippen LogP contribution in [0.3, 0.4) is 0 Å². The van der Waals surface area contributed by atoms with E-state index in [-0.39, 0.29) is 12.0 Å². The zero-order valence-electron chi connectivity index (χ0n) is 6.00. The van der Waals surface area contributed by atoms with Gasteiger partial charge in [0.25, 0.3) is 0 Å². The molecule has 56 valence electrons. The number of hydrogen-bond donors (Lipinski definition) is 1. The van der Waals surface area contributed by atoms with Crippen LogP contribution in [0.1, 0.15) is 6.92 Å². The van der Waals surface area contributed by atoms with Crippen molar-refractivity contribution < 1.29 is 19.2 Å². The first kappa shape index (κ1) is 7.05. The van der Waals surface area contributed by atoms with Crippen LogP contribution in [0.4, 0.5) is 0 Å². The number of carboxylic acid groups (broad SMARTS) is 1. The van der Waals surface area contributed by atoms with Crippen molar-refractivity contribution in [1.82, 2.24) is 0 Å². The third-order valence-corrected chi connectivity index (χ3v) is 1.37. The van der Waals surface area contributed by atoms with Gasteiger partial charge in [0.05, 0.1) is 0 Å². The molecule has 1 aliphatic heterocycles. The fourth-order valence-corrected chi connectivity index (χ4v) is 1.00. The number of nitrogens with zero attached hydrogens (tertiary/aromatic N) is 1. The van der Waals surface area contributed by atoms with Crippen LogP contribution in [-0.4, -0.2) is 41.2 Å². The smallest absolute Gasteiger partial charge is 0.450 e. The second-order valence-corrected chi connectivity index (χ2v) is 2.42. The summed E-state index contributed by atoms with van der Waals surface area (Å²) < 4.78 is 6.57. The molecule has 0 aromatic heterocycles. The molecule has 0 fully saturated rings. The Balaban J connectivity index is 2.76. The van der Waals surface area contributed by atoms with Gasteiger partial charge in [-0.2, -0.15) is 4.58 Å². The number of hydrogen-bond acceptors (Lipinski definition) is 2. The second kappa shape index (κ2) is 2.28. The van der Waals surface area contributed by atoms with Crippen LogP contribution in [0, 0.1) is 0 Å². The quantitative estimate of drug-likeness (QED) is 0.506. The number of aliphatic carboxylic acids is 1. The van der Waals surface area contributed by atoms with Crippen LogP contribution >= 0.6 is 0 Å². The summed E-state index contributed by atoms with van der Waals surface area (Å²) in [5.74, 6) is -0.945. The molecule has 4 nitrogen and oxygen atoms in total. The lowest BCUT2D eigenvalue weighted by Gasteiger charge is -1.93. The third kappa shape index (κ3) is 1.10. The summed E-state index contributed by atoms with van der Waals surface area (Å²) in [5, 5.41) is 8.50. The number of carbonyl (C=O) groups is 1. The van der Waals surface area contributed by atoms with E-state index in [0.29, 0.717) is 6.54 Å². The molecule has 1 atom stereocenters. The first-order valence-electron chi connectivity index (χ1n) is 3.09. The Morgan fingerprint density at radius 3 is 2.70 bits per heavy atom. The Hall–Kier alpha value is -1.06. The van der Waals surface area contributed by atoms with Crippen molar-refractivity contribution in [1.29, 1.82) is 0 Å². The average Bonchev–Trinajstić information content (AvgIpc) is 2.10. The molecule has 1 rings (SSSR count). The van der Waals surface area contributed by atoms with Gasteiger partial charge in [-0.25, -0.2) is 4.79 Å². The molecule has 0 aromatic rings. The number of carboxylic acids is 1. The molecule has 1 heterocycles. The SMILES string of the molecule is CC1C[N+](C)=C(C(=O)O)O1. The molecule has 0 bridgehead atoms. The maximum absolute atomic E-state index is 10.4. The minimum atomic E-state index is -0.994. The molecule has 10 heavy (non-hydrogen) atoms. The van der Waals surface area contributed by atoms with E-state index in [1.165, 1.54) is 0 Å². The van der Waals surface area contributed by atoms with Crippen molar-refractivity contribution in [2.75, 3.05) is 13.6 Å². The number of likely N-dealkylation sites (N-methyl/N-ethyl adjacent to an activating group) is 1. The predicted octanol–water partition coefficient (Wildman–Crippen LogP) is -0.470. The van der Waals surface area contributed by atoms with Crippen LogP contribution in [-0.2, 0) is 9.53 Å². The molecule has 0 spiro atoms. The van der Waals surface area contributed by atoms with Crippen molar-refractivity contribution in [3.05, 3.63) is 0 Å². The normalized spacial score (nSPS) is 24.8. The van der Waals surface area contributed by atoms with E-state index in [2.05, 4.69) is 0 Å². The topological polar surface area (TPSA) is 49.5 Å². The molecule has 0 aromatic carbocycles. The van der Waals surface area contributed by atoms with E-state index in [1.54, 1.807) is 11.6 Å². The number of rotatable bonds is 1. The fraction of sp³-hybridized carbons (Fsp3) is 0.667. The molecule has 1 N–H and O–H groups in total. The van der Waals surface area contributed by atoms with E-state index in [1.807, 2.05) is 6.92 Å². The maximum Gasteiger partial charge on any atom is 0.450 e. The summed E-state index contributed by atoms with van der Waals surface area (Å²) in [6.07, 6.45) is -0.00361. The molecule has 0 amide bonds. The molecule has 1 unspecified atom stereocenters. The van der Waals surface area contributed by atoms with Gasteiger partial charge in [0.2, 0.25) is 0 Å². The highest BCUT2D eigenvalue weighted by Crippen LogP contribution is 2.01. The van der Waals surface area contributed by atoms with Gasteiger partial charge < -0.3 is 9.84 Å². The first-order valence-corrected chi connectivity index (χ1v) is 3.09. The van der Waals surface area contributed by atoms with Gasteiger partial charge in [0.1, 0.15) is 7.05 Å². The molecular formula is C6H10NO3+. The molecule has 0 aliphatic carbocycles. The highest BCUT2D eigenvalue weighted by Gasteiger charge is 2.32. The van der Waals surface area contributed by atoms with Gasteiger partial charge in [0, 0.05) is 0 Å². The van der Waals surface area contributed by atoms with E-state index >= 15 is 0 Å². The van der Waals surface area contributed by atoms with E-state index in [0.717, 1.165) is 0 Å². The summed E-state index contributed by atoms with van der Waals surface area (Å²) in [6.45, 7) is 2.49. The highest BCUT2D eigenvalue weighted by atomic mass is 16.5. The van der Waals surface area contributed by atoms with Crippen LogP contribution in [0.5, 0.6) is 0 Å². The number of ether oxygens (including phenoxy) is 1. The molecule has 1 aliphatic rings. The molecule has 0 saturated carbocycles. The van der Waals surface area contributed by atoms with Gasteiger partial charge in [0.15, 0.2) is 12.6 Å². The summed E-state index contributed by atoms with van der Waals surface area (Å²) in [6, 6.07) is 0. The maximum atomic E-state index is 10.4. The van der Waals surface area contributed by atoms with Gasteiger partial charge >= 0.3 is 11.9 Å². The van der Waals surface area contributed by atoms with E-state index in [4.69, 9.17) is 9.84 Å². The minimum Gasteiger partial charge on any atom is -0.471 e. The predicted molar refractivity (Wildman–Crippen MR) is 34.2 cm³/mol. The van der Waals surface area contributed by atoms with Crippen molar-refractivity contribution in [2.24, 2.45) is 0 Å². The molecular weight excluding hydrogens is 134 g/mol. The average molecular weight is 144 g/mol. The third-order valence-electron chi connectivity index (χ3n) is 1.37. The van der Waals surface area contributed by atoms with Crippen molar-refractivity contribution in [3.8, 4) is 0 Å². The summed E-state index contributed by atoms with van der Waals surface area (Å²) >= 11 is 0. The van der Waals surface area contributed by atoms with E-state index in [9.17, 15) is 4.79 Å². The summed E-state index contributed by atoms with van der Waals surface area (Å²) in [4.78, 5) is 10.4. The van der Waals surface area contributed by atoms with E-state index < -0.39 is 5.97 Å². The van der Waals surface area contributed by atoms with Gasteiger partial charge in [-0.05, 0) is 6.92 Å². The Morgan fingerprint density at radius 2 is 2.50 bits per heavy atom. The van der Waals surface area contributed by atoms with Gasteiger partial charge in [-0.3, -0.25) is 0 Å².